The first-order valence-corrected chi connectivity index (χ1v) is 14.5. The number of allylic oxidation sites excluding steroid dienone is 1. The maximum absolute atomic E-state index is 15.0. The summed E-state index contributed by atoms with van der Waals surface area (Å²) in [6.45, 7) is 13.7. The van der Waals surface area contributed by atoms with Crippen LogP contribution in [0, 0.1) is 23.2 Å². The van der Waals surface area contributed by atoms with E-state index >= 15 is 8.78 Å². The van der Waals surface area contributed by atoms with Crippen molar-refractivity contribution in [3.63, 3.8) is 0 Å². The van der Waals surface area contributed by atoms with Gasteiger partial charge in [0.05, 0.1) is 6.61 Å². The molecule has 2 nitrogen and oxygen atoms in total. The zero-order valence-electron chi connectivity index (χ0n) is 19.1. The van der Waals surface area contributed by atoms with Crippen molar-refractivity contribution < 1.29 is 18.3 Å². The second kappa shape index (κ2) is 8.47. The number of halogens is 2. The number of hydrogen-bond donors (Lipinski definition) is 1. The Balaban J connectivity index is 2.05. The van der Waals surface area contributed by atoms with Crippen LogP contribution in [0.15, 0.2) is 11.6 Å². The second-order valence-electron chi connectivity index (χ2n) is 11.0. The first-order chi connectivity index (χ1) is 12.7. The van der Waals surface area contributed by atoms with Gasteiger partial charge in [0.25, 0.3) is 5.92 Å². The average Bonchev–Trinajstić information content (AvgIpc) is 2.88. The van der Waals surface area contributed by atoms with Gasteiger partial charge in [0.1, 0.15) is 5.60 Å². The molecule has 28 heavy (non-hydrogen) atoms. The minimum Gasteiger partial charge on any atom is -0.407 e. The van der Waals surface area contributed by atoms with Crippen LogP contribution < -0.4 is 0 Å². The van der Waals surface area contributed by atoms with E-state index in [4.69, 9.17) is 4.43 Å². The molecule has 0 spiro atoms. The van der Waals surface area contributed by atoms with E-state index in [-0.39, 0.29) is 24.4 Å². The van der Waals surface area contributed by atoms with Crippen molar-refractivity contribution in [1.29, 1.82) is 0 Å². The molecule has 0 radical (unpaired) electrons. The number of alkyl halides is 2. The molecule has 0 aromatic rings. The quantitative estimate of drug-likeness (QED) is 0.348. The fourth-order valence-corrected chi connectivity index (χ4v) is 7.81. The molecule has 1 N–H and O–H groups in total. The lowest BCUT2D eigenvalue weighted by Crippen LogP contribution is -2.51. The van der Waals surface area contributed by atoms with Crippen LogP contribution in [0.2, 0.25) is 19.6 Å². The standard InChI is InChI=1S/C23H42F2O2Si/c1-17(12-15-23(24,25)21(2,3)27-28(5,6)7)19-10-11-20-18(13-16-26)9-8-14-22(19,20)4/h13,17,19-20,26H,8-12,14-16H2,1-7H3/b18-13+/t17-,19-,20?,22-/m1/s1. The third-order valence-corrected chi connectivity index (χ3v) is 8.56. The number of aliphatic hydroxyl groups is 1. The predicted octanol–water partition coefficient (Wildman–Crippen LogP) is 6.80. The molecular formula is C23H42F2O2Si. The number of hydrogen-bond acceptors (Lipinski definition) is 2. The van der Waals surface area contributed by atoms with E-state index in [1.165, 1.54) is 12.0 Å². The highest BCUT2D eigenvalue weighted by molar-refractivity contribution is 6.69. The maximum Gasteiger partial charge on any atom is 0.274 e. The summed E-state index contributed by atoms with van der Waals surface area (Å²) < 4.78 is 35.9. The molecule has 2 saturated carbocycles. The number of rotatable bonds is 8. The average molecular weight is 417 g/mol. The summed E-state index contributed by atoms with van der Waals surface area (Å²) in [5.41, 5.74) is 0.181. The summed E-state index contributed by atoms with van der Waals surface area (Å²) >= 11 is 0. The van der Waals surface area contributed by atoms with Gasteiger partial charge in [-0.3, -0.25) is 0 Å². The molecule has 0 aliphatic heterocycles. The van der Waals surface area contributed by atoms with Crippen molar-refractivity contribution in [1.82, 2.24) is 0 Å². The SMILES string of the molecule is C[C@H](CCC(F)(F)C(C)(C)O[Si](C)(C)C)[C@H]1CCC2/C(=C/CO)CCC[C@@]21C. The Morgan fingerprint density at radius 2 is 1.93 bits per heavy atom. The Morgan fingerprint density at radius 3 is 2.50 bits per heavy atom. The summed E-state index contributed by atoms with van der Waals surface area (Å²) in [6, 6.07) is 0. The van der Waals surface area contributed by atoms with Gasteiger partial charge < -0.3 is 9.53 Å². The Bertz CT molecular complexity index is 567. The Hall–Kier alpha value is -0.263. The van der Waals surface area contributed by atoms with Crippen molar-refractivity contribution in [2.24, 2.45) is 23.2 Å². The fourth-order valence-electron chi connectivity index (χ4n) is 6.13. The number of aliphatic hydroxyl groups excluding tert-OH is 1. The van der Waals surface area contributed by atoms with Gasteiger partial charge in [-0.05, 0) is 95.2 Å². The molecule has 0 amide bonds. The monoisotopic (exact) mass is 416 g/mol. The van der Waals surface area contributed by atoms with Gasteiger partial charge in [-0.2, -0.15) is 0 Å². The second-order valence-corrected chi connectivity index (χ2v) is 15.4. The summed E-state index contributed by atoms with van der Waals surface area (Å²) in [4.78, 5) is 0. The first kappa shape index (κ1) is 24.0. The van der Waals surface area contributed by atoms with E-state index in [1.807, 2.05) is 25.7 Å². The third-order valence-electron chi connectivity index (χ3n) is 7.43. The largest absolute Gasteiger partial charge is 0.407 e. The minimum atomic E-state index is -2.82. The summed E-state index contributed by atoms with van der Waals surface area (Å²) in [5.74, 6) is -1.55. The molecule has 2 aliphatic carbocycles. The van der Waals surface area contributed by atoms with Crippen LogP contribution in [0.3, 0.4) is 0 Å². The molecule has 2 rings (SSSR count). The molecule has 5 heteroatoms. The van der Waals surface area contributed by atoms with Crippen LogP contribution in [-0.2, 0) is 4.43 Å². The molecule has 2 fully saturated rings. The Kier molecular flexibility index (Phi) is 7.26. The third kappa shape index (κ3) is 5.07. The molecule has 0 aromatic carbocycles. The Labute approximate surface area is 172 Å². The van der Waals surface area contributed by atoms with Gasteiger partial charge in [-0.25, -0.2) is 8.78 Å². The molecule has 164 valence electrons. The van der Waals surface area contributed by atoms with E-state index in [0.717, 1.165) is 25.7 Å². The van der Waals surface area contributed by atoms with Crippen molar-refractivity contribution in [3.05, 3.63) is 11.6 Å². The highest BCUT2D eigenvalue weighted by Crippen LogP contribution is 2.60. The maximum atomic E-state index is 15.0. The molecule has 0 bridgehead atoms. The van der Waals surface area contributed by atoms with Gasteiger partial charge in [0, 0.05) is 6.42 Å². The van der Waals surface area contributed by atoms with Gasteiger partial charge in [-0.15, -0.1) is 0 Å². The van der Waals surface area contributed by atoms with Crippen LogP contribution in [0.4, 0.5) is 8.78 Å². The highest BCUT2D eigenvalue weighted by atomic mass is 28.4. The van der Waals surface area contributed by atoms with Crippen molar-refractivity contribution in [3.8, 4) is 0 Å². The normalized spacial score (nSPS) is 31.9. The summed E-state index contributed by atoms with van der Waals surface area (Å²) in [6.07, 6.45) is 8.09. The van der Waals surface area contributed by atoms with Gasteiger partial charge >= 0.3 is 0 Å². The van der Waals surface area contributed by atoms with E-state index in [0.29, 0.717) is 18.3 Å². The van der Waals surface area contributed by atoms with Crippen LogP contribution in [-0.4, -0.2) is 31.6 Å². The fraction of sp³-hybridized carbons (Fsp3) is 0.913. The smallest absolute Gasteiger partial charge is 0.274 e. The zero-order chi connectivity index (χ0) is 21.4. The zero-order valence-corrected chi connectivity index (χ0v) is 20.1. The van der Waals surface area contributed by atoms with Crippen LogP contribution in [0.1, 0.15) is 72.6 Å². The van der Waals surface area contributed by atoms with E-state index in [2.05, 4.69) is 13.8 Å². The van der Waals surface area contributed by atoms with Crippen LogP contribution >= 0.6 is 0 Å². The first-order valence-electron chi connectivity index (χ1n) is 11.1. The summed E-state index contributed by atoms with van der Waals surface area (Å²) in [7, 11) is -2.04. The molecule has 4 atom stereocenters. The molecule has 0 heterocycles. The molecule has 1 unspecified atom stereocenters. The lowest BCUT2D eigenvalue weighted by molar-refractivity contribution is -0.158. The van der Waals surface area contributed by atoms with E-state index in [1.54, 1.807) is 13.8 Å². The van der Waals surface area contributed by atoms with Crippen molar-refractivity contribution >= 4 is 8.32 Å². The molecular weight excluding hydrogens is 374 g/mol. The molecule has 0 saturated heterocycles. The van der Waals surface area contributed by atoms with E-state index in [9.17, 15) is 5.11 Å². The van der Waals surface area contributed by atoms with Crippen LogP contribution in [0.25, 0.3) is 0 Å². The van der Waals surface area contributed by atoms with Crippen LogP contribution in [0.5, 0.6) is 0 Å². The van der Waals surface area contributed by atoms with Gasteiger partial charge in [0.15, 0.2) is 8.32 Å². The van der Waals surface area contributed by atoms with E-state index < -0.39 is 19.8 Å². The van der Waals surface area contributed by atoms with Crippen molar-refractivity contribution in [2.75, 3.05) is 6.61 Å². The topological polar surface area (TPSA) is 29.5 Å². The van der Waals surface area contributed by atoms with Gasteiger partial charge in [-0.1, -0.05) is 25.5 Å². The molecule has 0 aromatic heterocycles. The lowest BCUT2D eigenvalue weighted by atomic mass is 9.60. The Morgan fingerprint density at radius 1 is 1.29 bits per heavy atom. The van der Waals surface area contributed by atoms with Crippen molar-refractivity contribution in [2.45, 2.75) is 104 Å². The minimum absolute atomic E-state index is 0.109. The number of fused-ring (bicyclic) bond motifs is 1. The van der Waals surface area contributed by atoms with Gasteiger partial charge in [0.2, 0.25) is 0 Å². The summed E-state index contributed by atoms with van der Waals surface area (Å²) in [5, 5.41) is 9.36. The predicted molar refractivity (Wildman–Crippen MR) is 115 cm³/mol. The lowest BCUT2D eigenvalue weighted by Gasteiger charge is -2.45. The molecule has 2 aliphatic rings. The highest BCUT2D eigenvalue weighted by Gasteiger charge is 2.52.